The molecule has 1 aromatic carbocycles. The van der Waals surface area contributed by atoms with Crippen LogP contribution in [0.4, 0.5) is 0 Å². The van der Waals surface area contributed by atoms with Crippen molar-refractivity contribution in [2.45, 2.75) is 31.4 Å². The highest BCUT2D eigenvalue weighted by Crippen LogP contribution is 2.28. The van der Waals surface area contributed by atoms with Gasteiger partial charge in [-0.05, 0) is 43.5 Å². The van der Waals surface area contributed by atoms with Crippen LogP contribution in [0.3, 0.4) is 0 Å². The van der Waals surface area contributed by atoms with E-state index < -0.39 is 0 Å². The van der Waals surface area contributed by atoms with E-state index in [2.05, 4.69) is 31.9 Å². The molecule has 0 bridgehead atoms. The predicted molar refractivity (Wildman–Crippen MR) is 105 cm³/mol. The zero-order chi connectivity index (χ0) is 18.8. The number of nitriles is 1. The molecule has 2 aliphatic rings. The summed E-state index contributed by atoms with van der Waals surface area (Å²) in [5.74, 6) is 0.883. The standard InChI is InChI=1S/C20H21BrN4O2/c21-14-3-4-17-18(10-14)23-7-5-19(17)27-16-6-9-24(12-16)13-20(26)25-8-1-2-15(25)11-22/h3-5,7,10,15-16H,1-2,6,8-9,12-13H2/t15-,16-/m0/s1. The number of aromatic nitrogens is 1. The Hall–Kier alpha value is -2.17. The molecule has 0 unspecified atom stereocenters. The summed E-state index contributed by atoms with van der Waals surface area (Å²) in [5.41, 5.74) is 0.892. The number of amides is 1. The Labute approximate surface area is 166 Å². The minimum absolute atomic E-state index is 0.0531. The van der Waals surface area contributed by atoms with Crippen molar-refractivity contribution in [3.05, 3.63) is 34.9 Å². The van der Waals surface area contributed by atoms with E-state index in [9.17, 15) is 10.1 Å². The molecule has 2 fully saturated rings. The number of fused-ring (bicyclic) bond motifs is 1. The van der Waals surface area contributed by atoms with Crippen LogP contribution in [0.15, 0.2) is 34.9 Å². The van der Waals surface area contributed by atoms with E-state index in [-0.39, 0.29) is 18.1 Å². The largest absolute Gasteiger partial charge is 0.488 e. The van der Waals surface area contributed by atoms with Crippen LogP contribution >= 0.6 is 15.9 Å². The van der Waals surface area contributed by atoms with E-state index in [1.54, 1.807) is 11.1 Å². The van der Waals surface area contributed by atoms with E-state index in [1.807, 2.05) is 24.3 Å². The van der Waals surface area contributed by atoms with Gasteiger partial charge < -0.3 is 9.64 Å². The summed E-state index contributed by atoms with van der Waals surface area (Å²) in [4.78, 5) is 20.8. The van der Waals surface area contributed by atoms with Gasteiger partial charge >= 0.3 is 0 Å². The first kappa shape index (κ1) is 18.2. The molecule has 3 heterocycles. The number of pyridine rings is 1. The van der Waals surface area contributed by atoms with Crippen molar-refractivity contribution in [2.24, 2.45) is 0 Å². The number of rotatable bonds is 4. The molecule has 2 aliphatic heterocycles. The molecule has 2 aromatic rings. The van der Waals surface area contributed by atoms with Crippen LogP contribution in [0.1, 0.15) is 19.3 Å². The third kappa shape index (κ3) is 3.92. The van der Waals surface area contributed by atoms with Gasteiger partial charge in [-0.2, -0.15) is 5.26 Å². The fourth-order valence-corrected chi connectivity index (χ4v) is 4.24. The number of ether oxygens (including phenoxy) is 1. The van der Waals surface area contributed by atoms with Crippen molar-refractivity contribution in [3.63, 3.8) is 0 Å². The van der Waals surface area contributed by atoms with Crippen LogP contribution in [0, 0.1) is 11.3 Å². The lowest BCUT2D eigenvalue weighted by Gasteiger charge is -2.23. The maximum atomic E-state index is 12.5. The van der Waals surface area contributed by atoms with Gasteiger partial charge in [-0.3, -0.25) is 14.7 Å². The molecule has 1 amide bonds. The maximum absolute atomic E-state index is 12.5. The summed E-state index contributed by atoms with van der Waals surface area (Å²) in [7, 11) is 0. The molecule has 1 aromatic heterocycles. The third-order valence-electron chi connectivity index (χ3n) is 5.27. The Balaban J connectivity index is 1.38. The highest BCUT2D eigenvalue weighted by molar-refractivity contribution is 9.10. The van der Waals surface area contributed by atoms with Gasteiger partial charge in [0, 0.05) is 35.7 Å². The highest BCUT2D eigenvalue weighted by atomic mass is 79.9. The van der Waals surface area contributed by atoms with Crippen molar-refractivity contribution >= 4 is 32.7 Å². The molecule has 6 nitrogen and oxygen atoms in total. The SMILES string of the molecule is N#C[C@@H]1CCCN1C(=O)CN1CC[C@H](Oc2ccnc3cc(Br)ccc23)C1. The summed E-state index contributed by atoms with van der Waals surface area (Å²) >= 11 is 3.47. The minimum atomic E-state index is -0.255. The van der Waals surface area contributed by atoms with Gasteiger partial charge in [-0.1, -0.05) is 15.9 Å². The number of nitrogens with zero attached hydrogens (tertiary/aromatic N) is 4. The third-order valence-corrected chi connectivity index (χ3v) is 5.76. The van der Waals surface area contributed by atoms with Crippen molar-refractivity contribution in [3.8, 4) is 11.8 Å². The summed E-state index contributed by atoms with van der Waals surface area (Å²) in [5, 5.41) is 10.2. The monoisotopic (exact) mass is 428 g/mol. The number of halogens is 1. The normalized spacial score (nSPS) is 22.9. The topological polar surface area (TPSA) is 69.5 Å². The van der Waals surface area contributed by atoms with Gasteiger partial charge in [0.05, 0.1) is 18.1 Å². The molecule has 0 radical (unpaired) electrons. The zero-order valence-electron chi connectivity index (χ0n) is 15.0. The zero-order valence-corrected chi connectivity index (χ0v) is 16.6. The van der Waals surface area contributed by atoms with Gasteiger partial charge in [0.1, 0.15) is 17.9 Å². The van der Waals surface area contributed by atoms with Gasteiger partial charge in [-0.15, -0.1) is 0 Å². The van der Waals surface area contributed by atoms with Crippen molar-refractivity contribution < 1.29 is 9.53 Å². The van der Waals surface area contributed by atoms with Crippen LogP contribution in [0.5, 0.6) is 5.75 Å². The van der Waals surface area contributed by atoms with E-state index in [1.165, 1.54) is 0 Å². The maximum Gasteiger partial charge on any atom is 0.237 e. The molecule has 140 valence electrons. The quantitative estimate of drug-likeness (QED) is 0.748. The van der Waals surface area contributed by atoms with Crippen molar-refractivity contribution in [1.82, 2.24) is 14.8 Å². The molecule has 0 aliphatic carbocycles. The number of hydrogen-bond acceptors (Lipinski definition) is 5. The Morgan fingerprint density at radius 2 is 2.22 bits per heavy atom. The second-order valence-corrected chi connectivity index (χ2v) is 8.02. The number of benzene rings is 1. The molecule has 2 saturated heterocycles. The predicted octanol–water partition coefficient (Wildman–Crippen LogP) is 2.96. The van der Waals surface area contributed by atoms with Crippen LogP contribution in [-0.2, 0) is 4.79 Å². The molecular weight excluding hydrogens is 408 g/mol. The Kier molecular flexibility index (Phi) is 5.28. The first-order valence-electron chi connectivity index (χ1n) is 9.26. The first-order valence-corrected chi connectivity index (χ1v) is 10.1. The lowest BCUT2D eigenvalue weighted by atomic mass is 10.2. The molecule has 0 saturated carbocycles. The second-order valence-electron chi connectivity index (χ2n) is 7.11. The van der Waals surface area contributed by atoms with Gasteiger partial charge in [0.25, 0.3) is 0 Å². The summed E-state index contributed by atoms with van der Waals surface area (Å²) < 4.78 is 7.22. The van der Waals surface area contributed by atoms with Gasteiger partial charge in [0.2, 0.25) is 5.91 Å². The lowest BCUT2D eigenvalue weighted by Crippen LogP contribution is -2.42. The fraction of sp³-hybridized carbons (Fsp3) is 0.450. The van der Waals surface area contributed by atoms with E-state index in [0.29, 0.717) is 13.1 Å². The van der Waals surface area contributed by atoms with E-state index in [4.69, 9.17) is 4.74 Å². The van der Waals surface area contributed by atoms with Crippen LogP contribution in [-0.4, -0.2) is 59.0 Å². The highest BCUT2D eigenvalue weighted by Gasteiger charge is 2.32. The Morgan fingerprint density at radius 3 is 3.07 bits per heavy atom. The molecule has 0 N–H and O–H groups in total. The minimum Gasteiger partial charge on any atom is -0.488 e. The first-order chi connectivity index (χ1) is 13.1. The number of carbonyl (C=O) groups is 1. The molecule has 0 spiro atoms. The molecule has 7 heteroatoms. The number of hydrogen-bond donors (Lipinski definition) is 0. The average molecular weight is 429 g/mol. The number of likely N-dealkylation sites (tertiary alicyclic amines) is 2. The van der Waals surface area contributed by atoms with E-state index >= 15 is 0 Å². The smallest absolute Gasteiger partial charge is 0.237 e. The van der Waals surface area contributed by atoms with E-state index in [0.717, 1.165) is 53.5 Å². The van der Waals surface area contributed by atoms with Crippen LogP contribution in [0.25, 0.3) is 10.9 Å². The Morgan fingerprint density at radius 1 is 1.33 bits per heavy atom. The average Bonchev–Trinajstić information content (AvgIpc) is 3.30. The van der Waals surface area contributed by atoms with Gasteiger partial charge in [-0.25, -0.2) is 0 Å². The van der Waals surface area contributed by atoms with Gasteiger partial charge in [0.15, 0.2) is 0 Å². The Bertz CT molecular complexity index is 897. The van der Waals surface area contributed by atoms with Crippen LogP contribution in [0.2, 0.25) is 0 Å². The summed E-state index contributed by atoms with van der Waals surface area (Å²) in [6.45, 7) is 2.61. The molecule has 4 rings (SSSR count). The molecule has 2 atom stereocenters. The molecule has 27 heavy (non-hydrogen) atoms. The summed E-state index contributed by atoms with van der Waals surface area (Å²) in [6.07, 6.45) is 4.41. The molecular formula is C20H21BrN4O2. The number of carbonyl (C=O) groups excluding carboxylic acids is 1. The summed E-state index contributed by atoms with van der Waals surface area (Å²) in [6, 6.07) is 9.84. The second kappa shape index (κ2) is 7.83. The van der Waals surface area contributed by atoms with Crippen LogP contribution < -0.4 is 4.74 Å². The van der Waals surface area contributed by atoms with Crippen molar-refractivity contribution in [1.29, 1.82) is 5.26 Å². The fourth-order valence-electron chi connectivity index (χ4n) is 3.90. The lowest BCUT2D eigenvalue weighted by molar-refractivity contribution is -0.132. The van der Waals surface area contributed by atoms with Crippen molar-refractivity contribution in [2.75, 3.05) is 26.2 Å².